The Balaban J connectivity index is 2.99. The minimum Gasteiger partial charge on any atom is -0.245 e. The minimum absolute atomic E-state index is 0.0895. The number of sulfone groups is 1. The van der Waals surface area contributed by atoms with Crippen LogP contribution in [0.2, 0.25) is 0 Å². The van der Waals surface area contributed by atoms with Crippen molar-refractivity contribution in [2.24, 2.45) is 0 Å². The van der Waals surface area contributed by atoms with E-state index in [0.29, 0.717) is 0 Å². The fourth-order valence-corrected chi connectivity index (χ4v) is 1.58. The standard InChI is InChI=1S/C6H7N2O3S/c9-3-4-12(10,11)6-1-2-7-5-8-6/h1-2,5H,3-4H2. The molecule has 65 valence electrons. The Hall–Kier alpha value is -1.01. The van der Waals surface area contributed by atoms with E-state index < -0.39 is 22.2 Å². The highest BCUT2D eigenvalue weighted by Gasteiger charge is 2.14. The molecule has 0 bridgehead atoms. The van der Waals surface area contributed by atoms with Gasteiger partial charge in [0.1, 0.15) is 6.33 Å². The van der Waals surface area contributed by atoms with Gasteiger partial charge in [0.25, 0.3) is 0 Å². The van der Waals surface area contributed by atoms with Crippen LogP contribution in [0.5, 0.6) is 0 Å². The summed E-state index contributed by atoms with van der Waals surface area (Å²) in [6.45, 7) is -0.646. The first kappa shape index (κ1) is 9.08. The number of hydrogen-bond acceptors (Lipinski definition) is 4. The minimum atomic E-state index is -3.47. The van der Waals surface area contributed by atoms with E-state index in [1.807, 2.05) is 0 Å². The molecule has 0 saturated heterocycles. The third-order valence-electron chi connectivity index (χ3n) is 1.23. The lowest BCUT2D eigenvalue weighted by Crippen LogP contribution is -2.10. The fourth-order valence-electron chi connectivity index (χ4n) is 0.677. The number of nitrogens with zero attached hydrogens (tertiary/aromatic N) is 2. The van der Waals surface area contributed by atoms with Crippen LogP contribution in [0.4, 0.5) is 0 Å². The fraction of sp³-hybridized carbons (Fsp3) is 0.333. The van der Waals surface area contributed by atoms with Crippen LogP contribution in [0.25, 0.3) is 0 Å². The molecule has 0 fully saturated rings. The van der Waals surface area contributed by atoms with E-state index >= 15 is 0 Å². The van der Waals surface area contributed by atoms with Crippen molar-refractivity contribution in [1.82, 2.24) is 9.97 Å². The van der Waals surface area contributed by atoms with Gasteiger partial charge in [-0.3, -0.25) is 0 Å². The van der Waals surface area contributed by atoms with Crippen LogP contribution in [-0.2, 0) is 14.9 Å². The van der Waals surface area contributed by atoms with Crippen molar-refractivity contribution < 1.29 is 13.5 Å². The summed E-state index contributed by atoms with van der Waals surface area (Å²) in [4.78, 5) is 7.10. The predicted octanol–water partition coefficient (Wildman–Crippen LogP) is -0.319. The average Bonchev–Trinajstić information content (AvgIpc) is 2.06. The quantitative estimate of drug-likeness (QED) is 0.607. The number of rotatable bonds is 3. The van der Waals surface area contributed by atoms with E-state index in [4.69, 9.17) is 0 Å². The number of aromatic nitrogens is 2. The normalized spacial score (nSPS) is 11.4. The molecule has 1 radical (unpaired) electrons. The second kappa shape index (κ2) is 3.59. The highest BCUT2D eigenvalue weighted by molar-refractivity contribution is 7.91. The smallest absolute Gasteiger partial charge is 0.198 e. The molecule has 1 heterocycles. The molecule has 0 unspecified atom stereocenters. The van der Waals surface area contributed by atoms with Gasteiger partial charge in [-0.15, -0.1) is 0 Å². The largest absolute Gasteiger partial charge is 0.245 e. The van der Waals surface area contributed by atoms with E-state index in [1.165, 1.54) is 12.3 Å². The summed E-state index contributed by atoms with van der Waals surface area (Å²) in [5.41, 5.74) is 0. The van der Waals surface area contributed by atoms with Gasteiger partial charge in [0.15, 0.2) is 14.9 Å². The van der Waals surface area contributed by atoms with Crippen LogP contribution in [0.1, 0.15) is 0 Å². The summed E-state index contributed by atoms with van der Waals surface area (Å²) in [6.07, 6.45) is 2.46. The summed E-state index contributed by atoms with van der Waals surface area (Å²) in [7, 11) is -3.47. The molecule has 0 aliphatic carbocycles. The SMILES string of the molecule is [O]CCS(=O)(=O)c1ccncn1. The van der Waals surface area contributed by atoms with E-state index in [-0.39, 0.29) is 5.03 Å². The second-order valence-electron chi connectivity index (χ2n) is 2.07. The van der Waals surface area contributed by atoms with Gasteiger partial charge in [-0.2, -0.15) is 0 Å². The Labute approximate surface area is 70.0 Å². The predicted molar refractivity (Wildman–Crippen MR) is 39.6 cm³/mol. The lowest BCUT2D eigenvalue weighted by Gasteiger charge is -1.97. The van der Waals surface area contributed by atoms with Crippen molar-refractivity contribution in [3.8, 4) is 0 Å². The molecule has 0 saturated carbocycles. The lowest BCUT2D eigenvalue weighted by atomic mass is 10.7. The van der Waals surface area contributed by atoms with E-state index in [9.17, 15) is 13.5 Å². The average molecular weight is 187 g/mol. The van der Waals surface area contributed by atoms with Crippen molar-refractivity contribution in [1.29, 1.82) is 0 Å². The summed E-state index contributed by atoms with van der Waals surface area (Å²) >= 11 is 0. The first-order valence-electron chi connectivity index (χ1n) is 3.24. The van der Waals surface area contributed by atoms with Crippen LogP contribution in [0.15, 0.2) is 23.6 Å². The molecule has 12 heavy (non-hydrogen) atoms. The Morgan fingerprint density at radius 3 is 2.67 bits per heavy atom. The molecule has 5 nitrogen and oxygen atoms in total. The van der Waals surface area contributed by atoms with Crippen molar-refractivity contribution in [3.05, 3.63) is 18.6 Å². The maximum absolute atomic E-state index is 11.1. The van der Waals surface area contributed by atoms with Gasteiger partial charge in [-0.25, -0.2) is 23.5 Å². The monoisotopic (exact) mass is 187 g/mol. The van der Waals surface area contributed by atoms with Gasteiger partial charge in [-0.1, -0.05) is 0 Å². The topological polar surface area (TPSA) is 79.8 Å². The van der Waals surface area contributed by atoms with Gasteiger partial charge in [0.2, 0.25) is 0 Å². The summed E-state index contributed by atoms with van der Waals surface area (Å²) in [6, 6.07) is 1.27. The third kappa shape index (κ3) is 1.99. The molecule has 0 amide bonds. The highest BCUT2D eigenvalue weighted by Crippen LogP contribution is 2.04. The van der Waals surface area contributed by atoms with E-state index in [2.05, 4.69) is 9.97 Å². The zero-order chi connectivity index (χ0) is 9.03. The molecule has 0 spiro atoms. The third-order valence-corrected chi connectivity index (χ3v) is 2.81. The van der Waals surface area contributed by atoms with Gasteiger partial charge >= 0.3 is 0 Å². The molecule has 0 aliphatic rings. The van der Waals surface area contributed by atoms with Gasteiger partial charge in [0, 0.05) is 6.20 Å². The maximum atomic E-state index is 11.1. The lowest BCUT2D eigenvalue weighted by molar-refractivity contribution is 0.213. The number of hydrogen-bond donors (Lipinski definition) is 0. The highest BCUT2D eigenvalue weighted by atomic mass is 32.2. The summed E-state index contributed by atoms with van der Waals surface area (Å²) in [5.74, 6) is -0.413. The van der Waals surface area contributed by atoms with Crippen LogP contribution in [-0.4, -0.2) is 30.7 Å². The van der Waals surface area contributed by atoms with Crippen molar-refractivity contribution in [2.45, 2.75) is 5.03 Å². The zero-order valence-corrected chi connectivity index (χ0v) is 6.99. The van der Waals surface area contributed by atoms with Gasteiger partial charge in [0.05, 0.1) is 12.4 Å². The Bertz CT molecular complexity index is 335. The maximum Gasteiger partial charge on any atom is 0.198 e. The second-order valence-corrected chi connectivity index (χ2v) is 4.13. The molecular weight excluding hydrogens is 180 g/mol. The molecule has 1 aromatic heterocycles. The molecule has 6 heteroatoms. The van der Waals surface area contributed by atoms with Gasteiger partial charge < -0.3 is 0 Å². The van der Waals surface area contributed by atoms with Crippen LogP contribution in [0.3, 0.4) is 0 Å². The van der Waals surface area contributed by atoms with Crippen molar-refractivity contribution in [3.63, 3.8) is 0 Å². The molecule has 0 N–H and O–H groups in total. The summed E-state index contributed by atoms with van der Waals surface area (Å²) < 4.78 is 22.3. The molecule has 0 aliphatic heterocycles. The van der Waals surface area contributed by atoms with Crippen LogP contribution >= 0.6 is 0 Å². The Morgan fingerprint density at radius 2 is 2.17 bits per heavy atom. The summed E-state index contributed by atoms with van der Waals surface area (Å²) in [5, 5.41) is 10.0. The van der Waals surface area contributed by atoms with E-state index in [1.54, 1.807) is 0 Å². The zero-order valence-electron chi connectivity index (χ0n) is 6.17. The molecule has 1 aromatic rings. The molecule has 1 rings (SSSR count). The first-order valence-corrected chi connectivity index (χ1v) is 4.89. The Morgan fingerprint density at radius 1 is 1.42 bits per heavy atom. The molecular formula is C6H7N2O3S. The molecule has 0 aromatic carbocycles. The van der Waals surface area contributed by atoms with Gasteiger partial charge in [-0.05, 0) is 6.07 Å². The van der Waals surface area contributed by atoms with Crippen molar-refractivity contribution in [2.75, 3.05) is 12.4 Å². The van der Waals surface area contributed by atoms with Crippen LogP contribution in [0, 0.1) is 0 Å². The first-order chi connectivity index (χ1) is 5.67. The van der Waals surface area contributed by atoms with E-state index in [0.717, 1.165) is 6.33 Å². The van der Waals surface area contributed by atoms with Crippen molar-refractivity contribution >= 4 is 9.84 Å². The molecule has 0 atom stereocenters. The van der Waals surface area contributed by atoms with Crippen LogP contribution < -0.4 is 0 Å². The Kier molecular flexibility index (Phi) is 2.72.